The molecular formula is C18H24N4O3. The topological polar surface area (TPSA) is 71.7 Å². The van der Waals surface area contributed by atoms with Crippen molar-refractivity contribution < 1.29 is 14.1 Å². The van der Waals surface area contributed by atoms with Crippen LogP contribution in [0.3, 0.4) is 0 Å². The van der Waals surface area contributed by atoms with Gasteiger partial charge in [0.15, 0.2) is 5.82 Å². The van der Waals surface area contributed by atoms with E-state index < -0.39 is 0 Å². The molecule has 3 rings (SSSR count). The van der Waals surface area contributed by atoms with Crippen molar-refractivity contribution in [3.63, 3.8) is 0 Å². The van der Waals surface area contributed by atoms with E-state index in [9.17, 15) is 4.79 Å². The molecule has 1 amide bonds. The van der Waals surface area contributed by atoms with Crippen LogP contribution in [0.4, 0.5) is 0 Å². The summed E-state index contributed by atoms with van der Waals surface area (Å²) in [5, 5.41) is 3.95. The van der Waals surface area contributed by atoms with Crippen LogP contribution in [0.2, 0.25) is 0 Å². The summed E-state index contributed by atoms with van der Waals surface area (Å²) in [7, 11) is 1.58. The Balaban J connectivity index is 1.60. The molecule has 0 saturated carbocycles. The first-order chi connectivity index (χ1) is 12.1. The van der Waals surface area contributed by atoms with E-state index in [2.05, 4.69) is 40.2 Å². The Bertz CT molecular complexity index is 731. The Morgan fingerprint density at radius 3 is 2.92 bits per heavy atom. The molecule has 1 aromatic heterocycles. The van der Waals surface area contributed by atoms with Gasteiger partial charge in [-0.2, -0.15) is 4.98 Å². The summed E-state index contributed by atoms with van der Waals surface area (Å²) >= 11 is 0. The lowest BCUT2D eigenvalue weighted by atomic mass is 10.1. The first-order valence-corrected chi connectivity index (χ1v) is 8.45. The highest BCUT2D eigenvalue weighted by molar-refractivity contribution is 5.82. The first kappa shape index (κ1) is 17.6. The fourth-order valence-corrected chi connectivity index (χ4v) is 3.10. The number of methoxy groups -OCH3 is 1. The molecule has 7 nitrogen and oxygen atoms in total. The van der Waals surface area contributed by atoms with Crippen LogP contribution in [-0.4, -0.2) is 52.1 Å². The Labute approximate surface area is 147 Å². The SMILES string of the molecule is COCc1nc(CN2CCN(Cc3cccc(C)c3)C(=O)[C@@H]2C)no1. The number of amides is 1. The number of ether oxygens (including phenoxy) is 1. The molecule has 0 bridgehead atoms. The van der Waals surface area contributed by atoms with Crippen molar-refractivity contribution in [3.05, 3.63) is 47.1 Å². The normalized spacial score (nSPS) is 18.8. The van der Waals surface area contributed by atoms with Gasteiger partial charge in [0.05, 0.1) is 12.6 Å². The second-order valence-electron chi connectivity index (χ2n) is 6.43. The van der Waals surface area contributed by atoms with Crippen LogP contribution in [0, 0.1) is 6.92 Å². The van der Waals surface area contributed by atoms with Gasteiger partial charge in [-0.3, -0.25) is 9.69 Å². The number of aryl methyl sites for hydroxylation is 1. The molecule has 2 aromatic rings. The standard InChI is InChI=1S/C18H24N4O3/c1-13-5-4-6-15(9-13)10-22-8-7-21(14(2)18(22)23)11-16-19-17(12-24-3)25-20-16/h4-6,9,14H,7-8,10-12H2,1-3H3/t14-/m0/s1. The van der Waals surface area contributed by atoms with Gasteiger partial charge in [-0.1, -0.05) is 35.0 Å². The highest BCUT2D eigenvalue weighted by Crippen LogP contribution is 2.17. The Morgan fingerprint density at radius 2 is 2.16 bits per heavy atom. The summed E-state index contributed by atoms with van der Waals surface area (Å²) in [5.41, 5.74) is 2.37. The van der Waals surface area contributed by atoms with Crippen LogP contribution in [0.15, 0.2) is 28.8 Å². The van der Waals surface area contributed by atoms with E-state index in [1.807, 2.05) is 17.9 Å². The molecule has 1 saturated heterocycles. The number of benzene rings is 1. The zero-order valence-corrected chi connectivity index (χ0v) is 14.9. The van der Waals surface area contributed by atoms with Gasteiger partial charge in [0, 0.05) is 26.7 Å². The third kappa shape index (κ3) is 4.24. The van der Waals surface area contributed by atoms with Gasteiger partial charge >= 0.3 is 0 Å². The molecule has 0 radical (unpaired) electrons. The lowest BCUT2D eigenvalue weighted by Crippen LogP contribution is -2.55. The summed E-state index contributed by atoms with van der Waals surface area (Å²) < 4.78 is 10.1. The Hall–Kier alpha value is -2.25. The van der Waals surface area contributed by atoms with Gasteiger partial charge in [-0.25, -0.2) is 0 Å². The summed E-state index contributed by atoms with van der Waals surface area (Å²) in [5.74, 6) is 1.17. The first-order valence-electron chi connectivity index (χ1n) is 8.45. The lowest BCUT2D eigenvalue weighted by Gasteiger charge is -2.38. The van der Waals surface area contributed by atoms with Crippen molar-refractivity contribution in [2.75, 3.05) is 20.2 Å². The minimum Gasteiger partial charge on any atom is -0.375 e. The number of carbonyl (C=O) groups is 1. The number of nitrogens with zero attached hydrogens (tertiary/aromatic N) is 4. The van der Waals surface area contributed by atoms with E-state index >= 15 is 0 Å². The second-order valence-corrected chi connectivity index (χ2v) is 6.43. The molecule has 1 aromatic carbocycles. The molecule has 7 heteroatoms. The molecule has 1 aliphatic heterocycles. The number of piperazine rings is 1. The van der Waals surface area contributed by atoms with Gasteiger partial charge in [0.1, 0.15) is 6.61 Å². The van der Waals surface area contributed by atoms with Gasteiger partial charge in [-0.05, 0) is 19.4 Å². The van der Waals surface area contributed by atoms with Crippen molar-refractivity contribution in [1.82, 2.24) is 19.9 Å². The molecule has 0 unspecified atom stereocenters. The number of rotatable bonds is 6. The van der Waals surface area contributed by atoms with E-state index in [1.54, 1.807) is 7.11 Å². The van der Waals surface area contributed by atoms with E-state index in [-0.39, 0.29) is 11.9 Å². The van der Waals surface area contributed by atoms with E-state index in [1.165, 1.54) is 5.56 Å². The minimum atomic E-state index is -0.206. The maximum atomic E-state index is 12.7. The minimum absolute atomic E-state index is 0.133. The fraction of sp³-hybridized carbons (Fsp3) is 0.500. The molecule has 25 heavy (non-hydrogen) atoms. The summed E-state index contributed by atoms with van der Waals surface area (Å²) in [6, 6.07) is 8.08. The van der Waals surface area contributed by atoms with Gasteiger partial charge in [0.2, 0.25) is 5.91 Å². The summed E-state index contributed by atoms with van der Waals surface area (Å²) in [6.07, 6.45) is 0. The van der Waals surface area contributed by atoms with Gasteiger partial charge in [-0.15, -0.1) is 0 Å². The molecule has 2 heterocycles. The van der Waals surface area contributed by atoms with Gasteiger partial charge in [0.25, 0.3) is 5.89 Å². The number of hydrogen-bond acceptors (Lipinski definition) is 6. The average Bonchev–Trinajstić information content (AvgIpc) is 3.02. The predicted molar refractivity (Wildman–Crippen MR) is 91.5 cm³/mol. The highest BCUT2D eigenvalue weighted by Gasteiger charge is 2.32. The molecule has 0 aliphatic carbocycles. The largest absolute Gasteiger partial charge is 0.375 e. The van der Waals surface area contributed by atoms with Crippen LogP contribution >= 0.6 is 0 Å². The third-order valence-corrected chi connectivity index (χ3v) is 4.45. The maximum absolute atomic E-state index is 12.7. The van der Waals surface area contributed by atoms with Gasteiger partial charge < -0.3 is 14.2 Å². The number of hydrogen-bond donors (Lipinski definition) is 0. The van der Waals surface area contributed by atoms with Crippen LogP contribution in [-0.2, 0) is 29.2 Å². The Kier molecular flexibility index (Phi) is 5.45. The molecule has 1 atom stereocenters. The highest BCUT2D eigenvalue weighted by atomic mass is 16.5. The molecule has 134 valence electrons. The Morgan fingerprint density at radius 1 is 1.32 bits per heavy atom. The lowest BCUT2D eigenvalue weighted by molar-refractivity contribution is -0.142. The van der Waals surface area contributed by atoms with Crippen molar-refractivity contribution >= 4 is 5.91 Å². The molecular weight excluding hydrogens is 320 g/mol. The quantitative estimate of drug-likeness (QED) is 0.795. The smallest absolute Gasteiger partial charge is 0.252 e. The third-order valence-electron chi connectivity index (χ3n) is 4.45. The van der Waals surface area contributed by atoms with E-state index in [4.69, 9.17) is 9.26 Å². The monoisotopic (exact) mass is 344 g/mol. The van der Waals surface area contributed by atoms with Crippen LogP contribution in [0.25, 0.3) is 0 Å². The zero-order valence-electron chi connectivity index (χ0n) is 14.9. The van der Waals surface area contributed by atoms with E-state index in [0.29, 0.717) is 38.0 Å². The molecule has 0 N–H and O–H groups in total. The van der Waals surface area contributed by atoms with E-state index in [0.717, 1.165) is 12.1 Å². The maximum Gasteiger partial charge on any atom is 0.252 e. The van der Waals surface area contributed by atoms with Crippen molar-refractivity contribution in [2.45, 2.75) is 39.6 Å². The summed E-state index contributed by atoms with van der Waals surface area (Å²) in [6.45, 7) is 6.92. The molecule has 0 spiro atoms. The summed E-state index contributed by atoms with van der Waals surface area (Å²) in [4.78, 5) is 21.0. The fourth-order valence-electron chi connectivity index (χ4n) is 3.10. The van der Waals surface area contributed by atoms with Crippen molar-refractivity contribution in [3.8, 4) is 0 Å². The van der Waals surface area contributed by atoms with Crippen LogP contribution < -0.4 is 0 Å². The predicted octanol–water partition coefficient (Wildman–Crippen LogP) is 1.76. The average molecular weight is 344 g/mol. The molecule has 1 aliphatic rings. The van der Waals surface area contributed by atoms with Crippen LogP contribution in [0.1, 0.15) is 29.8 Å². The van der Waals surface area contributed by atoms with Crippen LogP contribution in [0.5, 0.6) is 0 Å². The number of aromatic nitrogens is 2. The second kappa shape index (κ2) is 7.76. The molecule has 1 fully saturated rings. The van der Waals surface area contributed by atoms with Crippen molar-refractivity contribution in [2.24, 2.45) is 0 Å². The zero-order chi connectivity index (χ0) is 17.8. The number of carbonyl (C=O) groups excluding carboxylic acids is 1. The van der Waals surface area contributed by atoms with Crippen molar-refractivity contribution in [1.29, 1.82) is 0 Å².